The van der Waals surface area contributed by atoms with E-state index in [1.54, 1.807) is 31.4 Å². The number of ether oxygens (including phenoxy) is 3. The van der Waals surface area contributed by atoms with Crippen LogP contribution in [0.5, 0.6) is 5.75 Å². The Kier molecular flexibility index (Phi) is 8.06. The van der Waals surface area contributed by atoms with Crippen LogP contribution in [0.25, 0.3) is 0 Å². The molecule has 8 heteroatoms. The Balaban J connectivity index is 2.19. The zero-order valence-electron chi connectivity index (χ0n) is 12.1. The summed E-state index contributed by atoms with van der Waals surface area (Å²) in [5.74, 6) is 0.343. The molecule has 1 aromatic rings. The number of nitrogens with one attached hydrogen (secondary N) is 1. The summed E-state index contributed by atoms with van der Waals surface area (Å²) in [5, 5.41) is 0. The van der Waals surface area contributed by atoms with E-state index in [2.05, 4.69) is 4.72 Å². The molecule has 0 aliphatic carbocycles. The third-order valence-corrected chi connectivity index (χ3v) is 3.88. The van der Waals surface area contributed by atoms with Crippen molar-refractivity contribution in [3.63, 3.8) is 0 Å². The molecular formula is C13H22N2O5S. The molecule has 0 bridgehead atoms. The third-order valence-electron chi connectivity index (χ3n) is 2.53. The SMILES string of the molecule is COCCOCCNS(=O)(=O)CCOc1ccccc1N. The standard InChI is InChI=1S/C13H22N2O5S/c1-18-8-9-19-7-6-15-21(16,17)11-10-20-13-5-3-2-4-12(13)14/h2-5,15H,6-11,14H2,1H3. The Bertz CT molecular complexity index is 507. The molecule has 0 aliphatic rings. The van der Waals surface area contributed by atoms with Gasteiger partial charge in [-0.3, -0.25) is 0 Å². The van der Waals surface area contributed by atoms with Crippen molar-refractivity contribution in [3.8, 4) is 5.75 Å². The maximum absolute atomic E-state index is 11.7. The predicted molar refractivity (Wildman–Crippen MR) is 80.8 cm³/mol. The van der Waals surface area contributed by atoms with Gasteiger partial charge in [-0.2, -0.15) is 0 Å². The maximum Gasteiger partial charge on any atom is 0.215 e. The lowest BCUT2D eigenvalue weighted by Crippen LogP contribution is -2.32. The summed E-state index contributed by atoms with van der Waals surface area (Å²) in [4.78, 5) is 0. The number of nitrogen functional groups attached to an aromatic ring is 1. The Hall–Kier alpha value is -1.35. The van der Waals surface area contributed by atoms with Crippen LogP contribution in [0.3, 0.4) is 0 Å². The molecule has 3 N–H and O–H groups in total. The molecule has 0 spiro atoms. The van der Waals surface area contributed by atoms with Crippen molar-refractivity contribution in [3.05, 3.63) is 24.3 Å². The van der Waals surface area contributed by atoms with Gasteiger partial charge in [0.1, 0.15) is 12.4 Å². The Morgan fingerprint density at radius 3 is 2.62 bits per heavy atom. The van der Waals surface area contributed by atoms with Crippen molar-refractivity contribution in [2.45, 2.75) is 0 Å². The Morgan fingerprint density at radius 2 is 1.90 bits per heavy atom. The average Bonchev–Trinajstić information content (AvgIpc) is 2.45. The minimum absolute atomic E-state index is 0.0358. The summed E-state index contributed by atoms with van der Waals surface area (Å²) in [6, 6.07) is 6.94. The lowest BCUT2D eigenvalue weighted by atomic mass is 10.3. The first-order chi connectivity index (χ1) is 10.0. The molecule has 1 rings (SSSR count). The normalized spacial score (nSPS) is 11.5. The van der Waals surface area contributed by atoms with Gasteiger partial charge < -0.3 is 19.9 Å². The summed E-state index contributed by atoms with van der Waals surface area (Å²) in [5.41, 5.74) is 6.17. The van der Waals surface area contributed by atoms with Gasteiger partial charge in [0.05, 0.1) is 31.3 Å². The molecule has 0 aliphatic heterocycles. The van der Waals surface area contributed by atoms with Crippen LogP contribution < -0.4 is 15.2 Å². The van der Waals surface area contributed by atoms with E-state index in [0.717, 1.165) is 0 Å². The highest BCUT2D eigenvalue weighted by molar-refractivity contribution is 7.89. The first-order valence-corrected chi connectivity index (χ1v) is 8.22. The van der Waals surface area contributed by atoms with Gasteiger partial charge in [0, 0.05) is 13.7 Å². The van der Waals surface area contributed by atoms with Gasteiger partial charge in [-0.25, -0.2) is 13.1 Å². The van der Waals surface area contributed by atoms with Crippen LogP contribution in [0.15, 0.2) is 24.3 Å². The summed E-state index contributed by atoms with van der Waals surface area (Å²) in [6.45, 7) is 1.48. The van der Waals surface area contributed by atoms with Gasteiger partial charge in [0.25, 0.3) is 0 Å². The maximum atomic E-state index is 11.7. The summed E-state index contributed by atoms with van der Waals surface area (Å²) in [6.07, 6.45) is 0. The van der Waals surface area contributed by atoms with Crippen molar-refractivity contribution in [1.82, 2.24) is 4.72 Å². The van der Waals surface area contributed by atoms with Gasteiger partial charge in [-0.1, -0.05) is 12.1 Å². The summed E-state index contributed by atoms with van der Waals surface area (Å²) < 4.78 is 41.1. The minimum Gasteiger partial charge on any atom is -0.490 e. The molecule has 21 heavy (non-hydrogen) atoms. The number of anilines is 1. The topological polar surface area (TPSA) is 99.9 Å². The zero-order chi connectivity index (χ0) is 15.6. The molecule has 0 radical (unpaired) electrons. The fourth-order valence-corrected chi connectivity index (χ4v) is 2.30. The van der Waals surface area contributed by atoms with Gasteiger partial charge in [-0.05, 0) is 12.1 Å². The van der Waals surface area contributed by atoms with Gasteiger partial charge >= 0.3 is 0 Å². The van der Waals surface area contributed by atoms with Crippen LogP contribution in [0.2, 0.25) is 0 Å². The van der Waals surface area contributed by atoms with E-state index in [9.17, 15) is 8.42 Å². The van der Waals surface area contributed by atoms with Crippen LogP contribution in [0.4, 0.5) is 5.69 Å². The van der Waals surface area contributed by atoms with Crippen LogP contribution >= 0.6 is 0 Å². The highest BCUT2D eigenvalue weighted by atomic mass is 32.2. The van der Waals surface area contributed by atoms with E-state index in [-0.39, 0.29) is 18.9 Å². The summed E-state index contributed by atoms with van der Waals surface area (Å²) >= 11 is 0. The molecular weight excluding hydrogens is 296 g/mol. The van der Waals surface area contributed by atoms with E-state index in [1.807, 2.05) is 0 Å². The van der Waals surface area contributed by atoms with Gasteiger partial charge in [-0.15, -0.1) is 0 Å². The zero-order valence-corrected chi connectivity index (χ0v) is 12.9. The second-order valence-electron chi connectivity index (χ2n) is 4.20. The predicted octanol–water partition coefficient (Wildman–Crippen LogP) is 0.230. The molecule has 120 valence electrons. The fraction of sp³-hybridized carbons (Fsp3) is 0.538. The molecule has 7 nitrogen and oxygen atoms in total. The van der Waals surface area contributed by atoms with Gasteiger partial charge in [0.2, 0.25) is 10.0 Å². The lowest BCUT2D eigenvalue weighted by molar-refractivity contribution is 0.0736. The first kappa shape index (κ1) is 17.7. The average molecular weight is 318 g/mol. The number of nitrogens with two attached hydrogens (primary N) is 1. The highest BCUT2D eigenvalue weighted by Crippen LogP contribution is 2.19. The number of benzene rings is 1. The number of para-hydroxylation sites is 2. The number of methoxy groups -OCH3 is 1. The van der Waals surface area contributed by atoms with E-state index in [0.29, 0.717) is 31.3 Å². The van der Waals surface area contributed by atoms with E-state index >= 15 is 0 Å². The largest absolute Gasteiger partial charge is 0.490 e. The lowest BCUT2D eigenvalue weighted by Gasteiger charge is -2.10. The minimum atomic E-state index is -3.38. The van der Waals surface area contributed by atoms with E-state index in [4.69, 9.17) is 19.9 Å². The van der Waals surface area contributed by atoms with Crippen molar-refractivity contribution in [1.29, 1.82) is 0 Å². The first-order valence-electron chi connectivity index (χ1n) is 6.56. The van der Waals surface area contributed by atoms with E-state index < -0.39 is 10.0 Å². The molecule has 0 fully saturated rings. The van der Waals surface area contributed by atoms with Crippen LogP contribution in [0.1, 0.15) is 0 Å². The van der Waals surface area contributed by atoms with Crippen LogP contribution in [-0.2, 0) is 19.5 Å². The number of hydrogen-bond donors (Lipinski definition) is 2. The second kappa shape index (κ2) is 9.56. The Labute approximate surface area is 125 Å². The molecule has 0 saturated heterocycles. The van der Waals surface area contributed by atoms with E-state index in [1.165, 1.54) is 0 Å². The molecule has 0 unspecified atom stereocenters. The second-order valence-corrected chi connectivity index (χ2v) is 6.13. The number of rotatable bonds is 11. The molecule has 0 atom stereocenters. The van der Waals surface area contributed by atoms with Crippen molar-refractivity contribution < 1.29 is 22.6 Å². The monoisotopic (exact) mass is 318 g/mol. The van der Waals surface area contributed by atoms with Crippen molar-refractivity contribution in [2.75, 3.05) is 51.6 Å². The quantitative estimate of drug-likeness (QED) is 0.447. The summed E-state index contributed by atoms with van der Waals surface area (Å²) in [7, 11) is -1.81. The fourth-order valence-electron chi connectivity index (χ4n) is 1.46. The highest BCUT2D eigenvalue weighted by Gasteiger charge is 2.10. The van der Waals surface area contributed by atoms with Crippen LogP contribution in [0, 0.1) is 0 Å². The molecule has 0 saturated carbocycles. The Morgan fingerprint density at radius 1 is 1.14 bits per heavy atom. The van der Waals surface area contributed by atoms with Crippen LogP contribution in [-0.4, -0.2) is 54.3 Å². The smallest absolute Gasteiger partial charge is 0.215 e. The number of sulfonamides is 1. The van der Waals surface area contributed by atoms with Crippen molar-refractivity contribution in [2.24, 2.45) is 0 Å². The molecule has 0 amide bonds. The van der Waals surface area contributed by atoms with Crippen molar-refractivity contribution >= 4 is 15.7 Å². The molecule has 0 aromatic heterocycles. The van der Waals surface area contributed by atoms with Gasteiger partial charge in [0.15, 0.2) is 0 Å². The molecule has 1 aromatic carbocycles. The number of hydrogen-bond acceptors (Lipinski definition) is 6. The third kappa shape index (κ3) is 7.86. The molecule has 0 heterocycles.